The number of nitrogens with zero attached hydrogens (tertiary/aromatic N) is 5. The molecule has 1 saturated carbocycles. The molecule has 3 heterocycles. The molecule has 1 fully saturated rings. The lowest BCUT2D eigenvalue weighted by Gasteiger charge is -2.35. The van der Waals surface area contributed by atoms with Gasteiger partial charge in [-0.25, -0.2) is 9.98 Å². The topological polar surface area (TPSA) is 53.7 Å². The number of rotatable bonds is 2. The number of anilines is 1. The number of carbonyl (C=O) groups is 1. The van der Waals surface area contributed by atoms with Gasteiger partial charge >= 0.3 is 0 Å². The molecular formula is C20H23N5O. The van der Waals surface area contributed by atoms with Gasteiger partial charge in [-0.1, -0.05) is 30.3 Å². The van der Waals surface area contributed by atoms with E-state index < -0.39 is 0 Å². The van der Waals surface area contributed by atoms with Gasteiger partial charge in [0.25, 0.3) is 5.91 Å². The van der Waals surface area contributed by atoms with Crippen molar-refractivity contribution in [3.63, 3.8) is 0 Å². The first-order valence-corrected chi connectivity index (χ1v) is 9.28. The average molecular weight is 349 g/mol. The lowest BCUT2D eigenvalue weighted by molar-refractivity contribution is 0.0854. The van der Waals surface area contributed by atoms with Crippen LogP contribution in [0.15, 0.2) is 35.3 Å². The predicted molar refractivity (Wildman–Crippen MR) is 101 cm³/mol. The molecule has 2 aromatic rings. The Kier molecular flexibility index (Phi) is 3.12. The maximum atomic E-state index is 13.2. The standard InChI is InChI=1S/C20H23N5O/c1-13-21-17-16(24(13)12-14-8-5-4-6-9-14)18(26)23(3)19-22-20(2)11-7-10-15(20)25(17)19/h4-6,8-9,15H,7,10-12H2,1-3H3/t15-,20+/m1/s1. The Hall–Kier alpha value is -2.63. The number of aromatic nitrogens is 2. The number of hydrogen-bond donors (Lipinski definition) is 0. The summed E-state index contributed by atoms with van der Waals surface area (Å²) in [5.41, 5.74) is 1.74. The molecule has 2 aliphatic heterocycles. The quantitative estimate of drug-likeness (QED) is 0.838. The van der Waals surface area contributed by atoms with Crippen LogP contribution in [0.4, 0.5) is 5.82 Å². The maximum Gasteiger partial charge on any atom is 0.280 e. The molecule has 1 aromatic heterocycles. The molecule has 0 N–H and O–H groups in total. The van der Waals surface area contributed by atoms with Crippen LogP contribution in [-0.2, 0) is 6.54 Å². The van der Waals surface area contributed by atoms with E-state index in [2.05, 4.69) is 24.0 Å². The van der Waals surface area contributed by atoms with Crippen LogP contribution >= 0.6 is 0 Å². The van der Waals surface area contributed by atoms with Gasteiger partial charge in [-0.05, 0) is 38.7 Å². The summed E-state index contributed by atoms with van der Waals surface area (Å²) in [5.74, 6) is 2.40. The molecule has 6 heteroatoms. The monoisotopic (exact) mass is 349 g/mol. The zero-order valence-electron chi connectivity index (χ0n) is 15.4. The van der Waals surface area contributed by atoms with Gasteiger partial charge in [0.1, 0.15) is 5.82 Å². The highest BCUT2D eigenvalue weighted by atomic mass is 16.2. The Morgan fingerprint density at radius 1 is 1.27 bits per heavy atom. The Labute approximate surface area is 153 Å². The van der Waals surface area contributed by atoms with Crippen molar-refractivity contribution in [3.05, 3.63) is 47.4 Å². The van der Waals surface area contributed by atoms with E-state index in [1.807, 2.05) is 36.7 Å². The zero-order valence-corrected chi connectivity index (χ0v) is 15.4. The number of imidazole rings is 1. The molecule has 0 bridgehead atoms. The molecule has 1 aromatic carbocycles. The van der Waals surface area contributed by atoms with Gasteiger partial charge in [-0.3, -0.25) is 14.6 Å². The van der Waals surface area contributed by atoms with E-state index in [0.29, 0.717) is 18.3 Å². The van der Waals surface area contributed by atoms with Crippen molar-refractivity contribution < 1.29 is 4.79 Å². The fourth-order valence-electron chi connectivity index (χ4n) is 4.71. The Morgan fingerprint density at radius 2 is 2.04 bits per heavy atom. The molecule has 26 heavy (non-hydrogen) atoms. The minimum atomic E-state index is -0.109. The van der Waals surface area contributed by atoms with Gasteiger partial charge in [-0.15, -0.1) is 0 Å². The minimum absolute atomic E-state index is 0.0184. The molecule has 1 amide bonds. The molecule has 5 rings (SSSR count). The van der Waals surface area contributed by atoms with Crippen LogP contribution in [0.2, 0.25) is 0 Å². The first-order chi connectivity index (χ1) is 12.5. The number of fused-ring (bicyclic) bond motifs is 5. The van der Waals surface area contributed by atoms with E-state index in [1.54, 1.807) is 4.90 Å². The van der Waals surface area contributed by atoms with Crippen molar-refractivity contribution in [2.24, 2.45) is 4.99 Å². The fourth-order valence-corrected chi connectivity index (χ4v) is 4.71. The first kappa shape index (κ1) is 15.6. The van der Waals surface area contributed by atoms with E-state index in [-0.39, 0.29) is 11.4 Å². The van der Waals surface area contributed by atoms with Crippen LogP contribution in [-0.4, -0.2) is 44.9 Å². The van der Waals surface area contributed by atoms with Gasteiger partial charge in [0.15, 0.2) is 11.5 Å². The summed E-state index contributed by atoms with van der Waals surface area (Å²) >= 11 is 0. The second-order valence-electron chi connectivity index (χ2n) is 7.81. The largest absolute Gasteiger partial charge is 0.318 e. The normalized spacial score (nSPS) is 26.7. The third-order valence-electron chi connectivity index (χ3n) is 6.12. The smallest absolute Gasteiger partial charge is 0.280 e. The summed E-state index contributed by atoms with van der Waals surface area (Å²) in [7, 11) is 1.83. The van der Waals surface area contributed by atoms with E-state index in [4.69, 9.17) is 9.98 Å². The summed E-state index contributed by atoms with van der Waals surface area (Å²) in [6.07, 6.45) is 3.33. The first-order valence-electron chi connectivity index (χ1n) is 9.28. The maximum absolute atomic E-state index is 13.2. The van der Waals surface area contributed by atoms with Crippen molar-refractivity contribution in [2.75, 3.05) is 11.9 Å². The summed E-state index contributed by atoms with van der Waals surface area (Å²) in [6, 6.07) is 10.5. The van der Waals surface area contributed by atoms with E-state index in [0.717, 1.165) is 36.0 Å². The summed E-state index contributed by atoms with van der Waals surface area (Å²) in [4.78, 5) is 26.9. The molecule has 134 valence electrons. The Morgan fingerprint density at radius 3 is 2.81 bits per heavy atom. The van der Waals surface area contributed by atoms with Crippen LogP contribution in [0.5, 0.6) is 0 Å². The van der Waals surface area contributed by atoms with E-state index in [1.165, 1.54) is 6.42 Å². The van der Waals surface area contributed by atoms with Crippen LogP contribution in [0.3, 0.4) is 0 Å². The van der Waals surface area contributed by atoms with Gasteiger partial charge in [0.2, 0.25) is 5.96 Å². The highest BCUT2D eigenvalue weighted by Crippen LogP contribution is 2.46. The van der Waals surface area contributed by atoms with Crippen LogP contribution in [0, 0.1) is 6.92 Å². The number of carbonyl (C=O) groups excluding carboxylic acids is 1. The SMILES string of the molecule is Cc1nc2c(n1Cc1ccccc1)C(=O)N(C)C1=N[C@@]3(C)CCC[C@H]3N12. The van der Waals surface area contributed by atoms with Crippen molar-refractivity contribution in [1.82, 2.24) is 14.5 Å². The van der Waals surface area contributed by atoms with Gasteiger partial charge in [0.05, 0.1) is 11.6 Å². The highest BCUT2D eigenvalue weighted by Gasteiger charge is 2.54. The highest BCUT2D eigenvalue weighted by molar-refractivity contribution is 6.18. The molecular weight excluding hydrogens is 326 g/mol. The predicted octanol–water partition coefficient (Wildman–Crippen LogP) is 2.81. The van der Waals surface area contributed by atoms with Crippen molar-refractivity contribution in [2.45, 2.75) is 51.2 Å². The van der Waals surface area contributed by atoms with Crippen LogP contribution in [0.25, 0.3) is 0 Å². The third-order valence-corrected chi connectivity index (χ3v) is 6.12. The van der Waals surface area contributed by atoms with Crippen molar-refractivity contribution >= 4 is 17.7 Å². The second kappa shape index (κ2) is 5.19. The van der Waals surface area contributed by atoms with Crippen molar-refractivity contribution in [1.29, 1.82) is 0 Å². The molecule has 3 aliphatic rings. The Balaban J connectivity index is 1.65. The number of benzene rings is 1. The Bertz CT molecular complexity index is 931. The number of amides is 1. The third kappa shape index (κ3) is 1.95. The molecule has 0 saturated heterocycles. The summed E-state index contributed by atoms with van der Waals surface area (Å²) in [5, 5.41) is 0. The lowest BCUT2D eigenvalue weighted by Crippen LogP contribution is -2.52. The number of aliphatic imine (C=N–C) groups is 1. The average Bonchev–Trinajstić information content (AvgIpc) is 3.23. The van der Waals surface area contributed by atoms with Gasteiger partial charge in [-0.2, -0.15) is 0 Å². The van der Waals surface area contributed by atoms with Crippen LogP contribution in [0.1, 0.15) is 48.1 Å². The number of hydrogen-bond acceptors (Lipinski definition) is 4. The molecule has 1 aliphatic carbocycles. The molecule has 0 unspecified atom stereocenters. The van der Waals surface area contributed by atoms with Crippen LogP contribution < -0.4 is 4.90 Å². The minimum Gasteiger partial charge on any atom is -0.318 e. The summed E-state index contributed by atoms with van der Waals surface area (Å²) < 4.78 is 2.05. The molecule has 0 radical (unpaired) electrons. The molecule has 6 nitrogen and oxygen atoms in total. The fraction of sp³-hybridized carbons (Fsp3) is 0.450. The van der Waals surface area contributed by atoms with E-state index >= 15 is 0 Å². The number of guanidine groups is 1. The molecule has 2 atom stereocenters. The lowest BCUT2D eigenvalue weighted by atomic mass is 9.97. The number of aryl methyl sites for hydroxylation is 1. The van der Waals surface area contributed by atoms with Gasteiger partial charge < -0.3 is 4.57 Å². The van der Waals surface area contributed by atoms with Crippen molar-refractivity contribution in [3.8, 4) is 0 Å². The zero-order chi connectivity index (χ0) is 18.1. The second-order valence-corrected chi connectivity index (χ2v) is 7.81. The summed E-state index contributed by atoms with van der Waals surface area (Å²) in [6.45, 7) is 4.84. The van der Waals surface area contributed by atoms with Gasteiger partial charge in [0, 0.05) is 13.6 Å². The molecule has 0 spiro atoms. The van der Waals surface area contributed by atoms with E-state index in [9.17, 15) is 4.79 Å².